The molecule has 0 unspecified atom stereocenters. The van der Waals surface area contributed by atoms with Crippen molar-refractivity contribution in [2.24, 2.45) is 0 Å². The highest BCUT2D eigenvalue weighted by molar-refractivity contribution is 7.99. The van der Waals surface area contributed by atoms with Crippen LogP contribution in [0.3, 0.4) is 0 Å². The minimum atomic E-state index is -0.0898. The Kier molecular flexibility index (Phi) is 6.47. The summed E-state index contributed by atoms with van der Waals surface area (Å²) in [7, 11) is 1.64. The first-order valence-corrected chi connectivity index (χ1v) is 10.9. The van der Waals surface area contributed by atoms with Gasteiger partial charge < -0.3 is 10.1 Å². The molecule has 4 aromatic rings. The number of ether oxygens (including phenoxy) is 1. The molecule has 1 N–H and O–H groups in total. The molecule has 7 nitrogen and oxygen atoms in total. The van der Waals surface area contributed by atoms with Crippen LogP contribution < -0.4 is 10.1 Å². The predicted octanol–water partition coefficient (Wildman–Crippen LogP) is 3.85. The lowest BCUT2D eigenvalue weighted by atomic mass is 10.0. The van der Waals surface area contributed by atoms with E-state index in [1.807, 2.05) is 43.3 Å². The fraction of sp³-hybridized carbons (Fsp3) is 0.217. The van der Waals surface area contributed by atoms with Crippen molar-refractivity contribution in [2.45, 2.75) is 24.7 Å². The molecule has 1 aromatic heterocycles. The van der Waals surface area contributed by atoms with Crippen molar-refractivity contribution >= 4 is 28.4 Å². The van der Waals surface area contributed by atoms with Crippen LogP contribution >= 0.6 is 11.8 Å². The molecule has 3 aromatic carbocycles. The number of carbonyl (C=O) groups is 1. The van der Waals surface area contributed by atoms with Gasteiger partial charge in [-0.3, -0.25) is 4.79 Å². The molecule has 0 fully saturated rings. The molecule has 0 saturated carbocycles. The van der Waals surface area contributed by atoms with E-state index in [1.54, 1.807) is 11.8 Å². The molecule has 0 bridgehead atoms. The van der Waals surface area contributed by atoms with Crippen LogP contribution in [0.5, 0.6) is 5.75 Å². The molecule has 1 amide bonds. The van der Waals surface area contributed by atoms with Crippen LogP contribution in [0.1, 0.15) is 24.1 Å². The van der Waals surface area contributed by atoms with Gasteiger partial charge in [0.25, 0.3) is 0 Å². The monoisotopic (exact) mass is 433 g/mol. The summed E-state index contributed by atoms with van der Waals surface area (Å²) in [5.41, 5.74) is 2.12. The zero-order valence-electron chi connectivity index (χ0n) is 17.4. The molecule has 158 valence electrons. The van der Waals surface area contributed by atoms with Crippen LogP contribution in [0.4, 0.5) is 0 Å². The minimum Gasteiger partial charge on any atom is -0.497 e. The molecular weight excluding hydrogens is 410 g/mol. The number of amides is 1. The second-order valence-electron chi connectivity index (χ2n) is 7.15. The Hall–Kier alpha value is -3.39. The number of hydrogen-bond acceptors (Lipinski definition) is 6. The molecule has 0 aliphatic heterocycles. The van der Waals surface area contributed by atoms with Gasteiger partial charge in [-0.2, -0.15) is 0 Å². The number of thioether (sulfide) groups is 1. The van der Waals surface area contributed by atoms with Crippen LogP contribution in [0.2, 0.25) is 0 Å². The summed E-state index contributed by atoms with van der Waals surface area (Å²) in [6.07, 6.45) is 0. The summed E-state index contributed by atoms with van der Waals surface area (Å²) in [5, 5.41) is 17.8. The van der Waals surface area contributed by atoms with Crippen molar-refractivity contribution in [1.82, 2.24) is 25.5 Å². The zero-order valence-corrected chi connectivity index (χ0v) is 18.2. The first-order chi connectivity index (χ1) is 15.1. The number of nitrogens with zero attached hydrogens (tertiary/aromatic N) is 4. The average Bonchev–Trinajstić information content (AvgIpc) is 3.24. The number of benzene rings is 3. The third-order valence-corrected chi connectivity index (χ3v) is 5.93. The smallest absolute Gasteiger partial charge is 0.230 e. The number of carbonyl (C=O) groups excluding carboxylic acids is 1. The van der Waals surface area contributed by atoms with Gasteiger partial charge in [-0.25, -0.2) is 4.68 Å². The lowest BCUT2D eigenvalue weighted by Crippen LogP contribution is -2.28. The van der Waals surface area contributed by atoms with E-state index < -0.39 is 0 Å². The Bertz CT molecular complexity index is 1180. The van der Waals surface area contributed by atoms with Crippen molar-refractivity contribution in [3.63, 3.8) is 0 Å². The number of hydrogen-bond donors (Lipinski definition) is 1. The summed E-state index contributed by atoms with van der Waals surface area (Å²) < 4.78 is 6.87. The summed E-state index contributed by atoms with van der Waals surface area (Å²) >= 11 is 1.32. The van der Waals surface area contributed by atoms with E-state index in [1.165, 1.54) is 17.1 Å². The van der Waals surface area contributed by atoms with E-state index >= 15 is 0 Å². The molecule has 0 aliphatic rings. The number of tetrazole rings is 1. The Morgan fingerprint density at radius 2 is 1.87 bits per heavy atom. The van der Waals surface area contributed by atoms with E-state index in [2.05, 4.69) is 51.2 Å². The van der Waals surface area contributed by atoms with E-state index in [9.17, 15) is 4.79 Å². The number of aromatic nitrogens is 4. The lowest BCUT2D eigenvalue weighted by Gasteiger charge is -2.15. The van der Waals surface area contributed by atoms with Gasteiger partial charge in [0.1, 0.15) is 5.75 Å². The largest absolute Gasteiger partial charge is 0.497 e. The van der Waals surface area contributed by atoms with Gasteiger partial charge in [-0.1, -0.05) is 60.3 Å². The van der Waals surface area contributed by atoms with E-state index in [-0.39, 0.29) is 17.7 Å². The number of methoxy groups -OCH3 is 1. The van der Waals surface area contributed by atoms with Gasteiger partial charge >= 0.3 is 0 Å². The fourth-order valence-corrected chi connectivity index (χ4v) is 3.96. The topological polar surface area (TPSA) is 81.9 Å². The molecule has 0 radical (unpaired) electrons. The van der Waals surface area contributed by atoms with Crippen LogP contribution in [0, 0.1) is 0 Å². The highest BCUT2D eigenvalue weighted by atomic mass is 32.2. The summed E-state index contributed by atoms with van der Waals surface area (Å²) in [6, 6.07) is 22.1. The second kappa shape index (κ2) is 9.61. The molecule has 0 spiro atoms. The zero-order chi connectivity index (χ0) is 21.6. The van der Waals surface area contributed by atoms with E-state index in [4.69, 9.17) is 4.74 Å². The number of rotatable bonds is 8. The van der Waals surface area contributed by atoms with Gasteiger partial charge in [-0.05, 0) is 57.4 Å². The van der Waals surface area contributed by atoms with Crippen LogP contribution in [0.15, 0.2) is 71.9 Å². The third-order valence-electron chi connectivity index (χ3n) is 4.97. The van der Waals surface area contributed by atoms with Gasteiger partial charge in [0.2, 0.25) is 11.1 Å². The van der Waals surface area contributed by atoms with E-state index in [0.717, 1.165) is 22.3 Å². The molecular formula is C23H23N5O2S. The van der Waals surface area contributed by atoms with Crippen molar-refractivity contribution in [3.8, 4) is 5.75 Å². The molecule has 4 rings (SSSR count). The average molecular weight is 434 g/mol. The van der Waals surface area contributed by atoms with Crippen molar-refractivity contribution in [3.05, 3.63) is 77.9 Å². The normalized spacial score (nSPS) is 11.9. The SMILES string of the molecule is COc1ccc(Cn2nnnc2SCC(=O)N[C@@H](C)c2ccc3ccccc3c2)cc1. The summed E-state index contributed by atoms with van der Waals surface area (Å²) in [6.45, 7) is 2.51. The molecule has 0 saturated heterocycles. The maximum Gasteiger partial charge on any atom is 0.230 e. The van der Waals surface area contributed by atoms with Crippen molar-refractivity contribution in [1.29, 1.82) is 0 Å². The number of fused-ring (bicyclic) bond motifs is 1. The quantitative estimate of drug-likeness (QED) is 0.425. The lowest BCUT2D eigenvalue weighted by molar-refractivity contribution is -0.119. The molecule has 1 atom stereocenters. The fourth-order valence-electron chi connectivity index (χ4n) is 3.28. The van der Waals surface area contributed by atoms with Crippen LogP contribution in [-0.4, -0.2) is 39.0 Å². The Morgan fingerprint density at radius 1 is 1.10 bits per heavy atom. The molecule has 1 heterocycles. The summed E-state index contributed by atoms with van der Waals surface area (Å²) in [5.74, 6) is 0.970. The standard InChI is InChI=1S/C23H23N5O2S/c1-16(19-10-9-18-5-3-4-6-20(18)13-19)24-22(29)15-31-23-25-26-27-28(23)14-17-7-11-21(30-2)12-8-17/h3-13,16H,14-15H2,1-2H3,(H,24,29)/t16-/m0/s1. The van der Waals surface area contributed by atoms with Gasteiger partial charge in [-0.15, -0.1) is 5.10 Å². The maximum atomic E-state index is 12.5. The number of nitrogens with one attached hydrogen (secondary N) is 1. The van der Waals surface area contributed by atoms with E-state index in [0.29, 0.717) is 11.7 Å². The van der Waals surface area contributed by atoms with Gasteiger partial charge in [0.15, 0.2) is 0 Å². The van der Waals surface area contributed by atoms with Crippen molar-refractivity contribution < 1.29 is 9.53 Å². The highest BCUT2D eigenvalue weighted by Gasteiger charge is 2.14. The van der Waals surface area contributed by atoms with Crippen LogP contribution in [0.25, 0.3) is 10.8 Å². The Morgan fingerprint density at radius 3 is 2.65 bits per heavy atom. The second-order valence-corrected chi connectivity index (χ2v) is 8.09. The molecule has 31 heavy (non-hydrogen) atoms. The highest BCUT2D eigenvalue weighted by Crippen LogP contribution is 2.21. The van der Waals surface area contributed by atoms with Crippen molar-refractivity contribution in [2.75, 3.05) is 12.9 Å². The first kappa shape index (κ1) is 20.9. The van der Waals surface area contributed by atoms with Crippen LogP contribution in [-0.2, 0) is 11.3 Å². The Balaban J connectivity index is 1.33. The molecule has 0 aliphatic carbocycles. The van der Waals surface area contributed by atoms with Gasteiger partial charge in [0, 0.05) is 0 Å². The first-order valence-electron chi connectivity index (χ1n) is 9.92. The minimum absolute atomic E-state index is 0.0651. The third kappa shape index (κ3) is 5.21. The predicted molar refractivity (Wildman–Crippen MR) is 121 cm³/mol. The summed E-state index contributed by atoms with van der Waals surface area (Å²) in [4.78, 5) is 12.5. The Labute approximate surface area is 184 Å². The maximum absolute atomic E-state index is 12.5. The van der Waals surface area contributed by atoms with Gasteiger partial charge in [0.05, 0.1) is 25.4 Å². The molecule has 8 heteroatoms.